The smallest absolute Gasteiger partial charge is 0.367 e. The first-order valence-electron chi connectivity index (χ1n) is 10.8. The number of hydrogen-bond acceptors (Lipinski definition) is 5. The second-order valence-electron chi connectivity index (χ2n) is 8.15. The molecular formula is C28H36F2O5S2. The molecule has 0 aromatic heterocycles. The Morgan fingerprint density at radius 2 is 1.14 bits per heavy atom. The third kappa shape index (κ3) is 9.91. The van der Waals surface area contributed by atoms with Gasteiger partial charge in [-0.3, -0.25) is 4.79 Å². The van der Waals surface area contributed by atoms with Crippen molar-refractivity contribution in [2.75, 3.05) is 6.61 Å². The highest BCUT2D eigenvalue weighted by atomic mass is 32.2. The number of carbonyl (C=O) groups excluding carboxylic acids is 1. The van der Waals surface area contributed by atoms with Gasteiger partial charge in [0.2, 0.25) is 0 Å². The van der Waals surface area contributed by atoms with Gasteiger partial charge in [-0.15, -0.1) is 0 Å². The Labute approximate surface area is 223 Å². The van der Waals surface area contributed by atoms with Crippen LogP contribution in [0.4, 0.5) is 8.78 Å². The fourth-order valence-corrected chi connectivity index (χ4v) is 4.95. The Hall–Kier alpha value is -2.75. The largest absolute Gasteiger partial charge is 0.743 e. The van der Waals surface area contributed by atoms with E-state index in [0.29, 0.717) is 6.42 Å². The molecular weight excluding hydrogens is 518 g/mol. The molecule has 3 rings (SSSR count). The molecule has 9 heteroatoms. The topological polar surface area (TPSA) is 83.5 Å². The van der Waals surface area contributed by atoms with Crippen LogP contribution in [0.25, 0.3) is 0 Å². The van der Waals surface area contributed by atoms with Gasteiger partial charge in [0.25, 0.3) is 0 Å². The van der Waals surface area contributed by atoms with Crippen molar-refractivity contribution in [3.05, 3.63) is 91.0 Å². The minimum atomic E-state index is -5.81. The first kappa shape index (κ1) is 34.2. The van der Waals surface area contributed by atoms with Crippen molar-refractivity contribution in [2.24, 2.45) is 5.41 Å². The van der Waals surface area contributed by atoms with Crippen molar-refractivity contribution in [1.82, 2.24) is 0 Å². The highest BCUT2D eigenvalue weighted by Gasteiger charge is 2.40. The van der Waals surface area contributed by atoms with Gasteiger partial charge in [-0.05, 0) is 56.7 Å². The zero-order valence-electron chi connectivity index (χ0n) is 19.7. The zero-order valence-corrected chi connectivity index (χ0v) is 21.3. The standard InChI is InChI=1S/C18H15S.C8H14F2O5S.2CH4/c1-4-10-16(11-5-1)19(17-12-6-2-7-13-17)18-14-8-3-9-15-18;1-4-7(2,3)6(11)15-5-8(9,10)16(12,13)14;;/h1-15H;4-5H2,1-3H3,(H,12,13,14);2*1H4/q+1;;;/p-1. The molecule has 0 N–H and O–H groups in total. The predicted octanol–water partition coefficient (Wildman–Crippen LogP) is 7.16. The molecule has 3 aromatic rings. The highest BCUT2D eigenvalue weighted by molar-refractivity contribution is 7.97. The first-order valence-corrected chi connectivity index (χ1v) is 13.4. The Balaban J connectivity index is 0.000000677. The lowest BCUT2D eigenvalue weighted by molar-refractivity contribution is -0.160. The number of esters is 1. The van der Waals surface area contributed by atoms with Crippen LogP contribution in [0, 0.1) is 5.41 Å². The summed E-state index contributed by atoms with van der Waals surface area (Å²) in [5, 5.41) is -4.59. The van der Waals surface area contributed by atoms with E-state index in [1.165, 1.54) is 28.5 Å². The summed E-state index contributed by atoms with van der Waals surface area (Å²) in [4.78, 5) is 15.3. The van der Waals surface area contributed by atoms with E-state index in [1.807, 2.05) is 0 Å². The van der Waals surface area contributed by atoms with Crippen LogP contribution in [0.2, 0.25) is 0 Å². The fraction of sp³-hybridized carbons (Fsp3) is 0.321. The zero-order chi connectivity index (χ0) is 26.1. The molecule has 0 amide bonds. The normalized spacial score (nSPS) is 11.3. The third-order valence-electron chi connectivity index (χ3n) is 5.11. The average Bonchev–Trinajstić information content (AvgIpc) is 2.84. The summed E-state index contributed by atoms with van der Waals surface area (Å²) in [7, 11) is -5.83. The Kier molecular flexibility index (Phi) is 13.8. The number of halogens is 2. The van der Waals surface area contributed by atoms with Gasteiger partial charge < -0.3 is 9.29 Å². The van der Waals surface area contributed by atoms with Crippen LogP contribution in [-0.2, 0) is 30.5 Å². The van der Waals surface area contributed by atoms with Gasteiger partial charge in [0.15, 0.2) is 31.4 Å². The predicted molar refractivity (Wildman–Crippen MR) is 145 cm³/mol. The first-order chi connectivity index (χ1) is 16.4. The molecule has 0 saturated carbocycles. The maximum Gasteiger partial charge on any atom is 0.367 e. The molecule has 0 radical (unpaired) electrons. The van der Waals surface area contributed by atoms with Crippen LogP contribution in [0.3, 0.4) is 0 Å². The molecule has 37 heavy (non-hydrogen) atoms. The van der Waals surface area contributed by atoms with Crippen molar-refractivity contribution in [3.8, 4) is 0 Å². The van der Waals surface area contributed by atoms with Gasteiger partial charge in [0.1, 0.15) is 0 Å². The van der Waals surface area contributed by atoms with Crippen LogP contribution in [0.5, 0.6) is 0 Å². The molecule has 0 bridgehead atoms. The van der Waals surface area contributed by atoms with Gasteiger partial charge in [-0.1, -0.05) is 76.4 Å². The summed E-state index contributed by atoms with van der Waals surface area (Å²) in [6.45, 7) is 2.81. The minimum Gasteiger partial charge on any atom is -0.743 e. The molecule has 0 fully saturated rings. The highest BCUT2D eigenvalue weighted by Crippen LogP contribution is 2.30. The Bertz CT molecular complexity index is 1080. The molecule has 204 valence electrons. The molecule has 0 unspecified atom stereocenters. The number of hydrogen-bond donors (Lipinski definition) is 0. The molecule has 3 aromatic carbocycles. The SMILES string of the molecule is C.C.CCC(C)(C)C(=O)OCC(F)(F)S(=O)(=O)[O-].c1ccc([S+](c2ccccc2)c2ccccc2)cc1. The molecule has 0 aliphatic carbocycles. The molecule has 5 nitrogen and oxygen atoms in total. The van der Waals surface area contributed by atoms with Crippen LogP contribution >= 0.6 is 0 Å². The maximum atomic E-state index is 12.6. The van der Waals surface area contributed by atoms with Gasteiger partial charge in [0, 0.05) is 0 Å². The molecule has 0 saturated heterocycles. The summed E-state index contributed by atoms with van der Waals surface area (Å²) in [5.74, 6) is -0.974. The third-order valence-corrected chi connectivity index (χ3v) is 8.19. The lowest BCUT2D eigenvalue weighted by Crippen LogP contribution is -2.37. The monoisotopic (exact) mass is 554 g/mol. The molecule has 0 heterocycles. The van der Waals surface area contributed by atoms with E-state index >= 15 is 0 Å². The van der Waals surface area contributed by atoms with E-state index in [2.05, 4.69) is 95.7 Å². The van der Waals surface area contributed by atoms with E-state index in [9.17, 15) is 26.5 Å². The number of rotatable bonds is 8. The minimum absolute atomic E-state index is 0. The fourth-order valence-electron chi connectivity index (χ4n) is 2.64. The summed E-state index contributed by atoms with van der Waals surface area (Å²) in [5.41, 5.74) is -0.997. The summed E-state index contributed by atoms with van der Waals surface area (Å²) >= 11 is 0. The van der Waals surface area contributed by atoms with Crippen LogP contribution < -0.4 is 0 Å². The number of benzene rings is 3. The van der Waals surface area contributed by atoms with E-state index in [4.69, 9.17) is 0 Å². The molecule has 0 aliphatic heterocycles. The van der Waals surface area contributed by atoms with Crippen LogP contribution in [0.15, 0.2) is 106 Å². The Morgan fingerprint density at radius 1 is 0.811 bits per heavy atom. The van der Waals surface area contributed by atoms with Gasteiger partial charge in [-0.2, -0.15) is 8.78 Å². The summed E-state index contributed by atoms with van der Waals surface area (Å²) in [6, 6.07) is 32.2. The van der Waals surface area contributed by atoms with E-state index in [-0.39, 0.29) is 25.7 Å². The van der Waals surface area contributed by atoms with Crippen molar-refractivity contribution >= 4 is 27.0 Å². The van der Waals surface area contributed by atoms with Crippen molar-refractivity contribution in [1.29, 1.82) is 0 Å². The molecule has 0 aliphatic rings. The van der Waals surface area contributed by atoms with Gasteiger partial charge in [0.05, 0.1) is 16.3 Å². The van der Waals surface area contributed by atoms with Crippen LogP contribution in [-0.4, -0.2) is 30.8 Å². The van der Waals surface area contributed by atoms with Crippen molar-refractivity contribution in [2.45, 2.75) is 62.0 Å². The lowest BCUT2D eigenvalue weighted by atomic mass is 9.91. The van der Waals surface area contributed by atoms with Crippen molar-refractivity contribution in [3.63, 3.8) is 0 Å². The lowest BCUT2D eigenvalue weighted by Gasteiger charge is -2.24. The summed E-state index contributed by atoms with van der Waals surface area (Å²) in [6.07, 6.45) is 0.335. The number of alkyl halides is 2. The van der Waals surface area contributed by atoms with E-state index in [0.717, 1.165) is 0 Å². The molecule has 0 atom stereocenters. The van der Waals surface area contributed by atoms with E-state index in [1.54, 1.807) is 6.92 Å². The second-order valence-corrected chi connectivity index (χ2v) is 11.7. The molecule has 0 spiro atoms. The summed E-state index contributed by atoms with van der Waals surface area (Å²) < 4.78 is 59.6. The van der Waals surface area contributed by atoms with E-state index < -0.39 is 33.4 Å². The number of ether oxygens (including phenoxy) is 1. The second kappa shape index (κ2) is 14.9. The van der Waals surface area contributed by atoms with Gasteiger partial charge in [-0.25, -0.2) is 8.42 Å². The van der Waals surface area contributed by atoms with Crippen molar-refractivity contribution < 1.29 is 31.3 Å². The van der Waals surface area contributed by atoms with Gasteiger partial charge >= 0.3 is 11.2 Å². The number of carbonyl (C=O) groups is 1. The Morgan fingerprint density at radius 3 is 1.41 bits per heavy atom. The average molecular weight is 555 g/mol. The van der Waals surface area contributed by atoms with Crippen LogP contribution in [0.1, 0.15) is 42.0 Å². The quantitative estimate of drug-likeness (QED) is 0.168. The maximum absolute atomic E-state index is 12.6.